The van der Waals surface area contributed by atoms with Gasteiger partial charge in [0.2, 0.25) is 0 Å². The number of hydrogen-bond donors (Lipinski definition) is 1. The largest absolute Gasteiger partial charge is 0.398 e. The van der Waals surface area contributed by atoms with Crippen molar-refractivity contribution in [2.75, 3.05) is 17.2 Å². The van der Waals surface area contributed by atoms with Crippen LogP contribution in [0.1, 0.15) is 27.2 Å². The Morgan fingerprint density at radius 2 is 2.06 bits per heavy atom. The minimum atomic E-state index is 0.504. The quantitative estimate of drug-likeness (QED) is 0.836. The van der Waals surface area contributed by atoms with Gasteiger partial charge in [0.15, 0.2) is 0 Å². The minimum Gasteiger partial charge on any atom is -0.398 e. The lowest BCUT2D eigenvalue weighted by Gasteiger charge is -2.30. The number of benzene rings is 1. The van der Waals surface area contributed by atoms with E-state index < -0.39 is 0 Å². The van der Waals surface area contributed by atoms with Crippen LogP contribution in [0.15, 0.2) is 30.5 Å². The number of pyridine rings is 1. The van der Waals surface area contributed by atoms with Gasteiger partial charge < -0.3 is 10.6 Å². The second kappa shape index (κ2) is 5.25. The van der Waals surface area contributed by atoms with Crippen molar-refractivity contribution in [2.24, 2.45) is 0 Å². The van der Waals surface area contributed by atoms with Gasteiger partial charge in [-0.25, -0.2) is 0 Å². The number of nitrogen functional groups attached to an aromatic ring is 1. The topological polar surface area (TPSA) is 42.1 Å². The van der Waals surface area contributed by atoms with E-state index in [1.807, 2.05) is 24.4 Å². The number of anilines is 2. The smallest absolute Gasteiger partial charge is 0.0956 e. The molecule has 0 radical (unpaired) electrons. The van der Waals surface area contributed by atoms with Crippen molar-refractivity contribution < 1.29 is 0 Å². The molecule has 0 saturated carbocycles. The van der Waals surface area contributed by atoms with Gasteiger partial charge in [-0.15, -0.1) is 0 Å². The molecular formula is C15H21N3. The lowest BCUT2D eigenvalue weighted by molar-refractivity contribution is 0.631. The molecule has 0 spiro atoms. The molecule has 96 valence electrons. The van der Waals surface area contributed by atoms with Gasteiger partial charge in [0.25, 0.3) is 0 Å². The molecule has 0 bridgehead atoms. The summed E-state index contributed by atoms with van der Waals surface area (Å²) in [7, 11) is 0. The summed E-state index contributed by atoms with van der Waals surface area (Å²) < 4.78 is 0. The first-order valence-electron chi connectivity index (χ1n) is 6.58. The Morgan fingerprint density at radius 1 is 1.28 bits per heavy atom. The average Bonchev–Trinajstić information content (AvgIpc) is 2.42. The fourth-order valence-corrected chi connectivity index (χ4v) is 2.35. The van der Waals surface area contributed by atoms with Gasteiger partial charge in [0, 0.05) is 29.9 Å². The van der Waals surface area contributed by atoms with Crippen LogP contribution in [0.4, 0.5) is 11.4 Å². The van der Waals surface area contributed by atoms with Crippen molar-refractivity contribution >= 4 is 22.3 Å². The molecule has 1 aromatic carbocycles. The zero-order valence-corrected chi connectivity index (χ0v) is 11.4. The van der Waals surface area contributed by atoms with Gasteiger partial charge in [-0.3, -0.25) is 4.98 Å². The van der Waals surface area contributed by atoms with Crippen molar-refractivity contribution in [2.45, 2.75) is 33.2 Å². The third-order valence-electron chi connectivity index (χ3n) is 3.56. The Morgan fingerprint density at radius 3 is 2.72 bits per heavy atom. The molecule has 0 aliphatic carbocycles. The molecule has 3 nitrogen and oxygen atoms in total. The number of hydrogen-bond acceptors (Lipinski definition) is 3. The second-order valence-corrected chi connectivity index (χ2v) is 4.62. The molecule has 3 heteroatoms. The van der Waals surface area contributed by atoms with Crippen LogP contribution in [-0.2, 0) is 0 Å². The summed E-state index contributed by atoms with van der Waals surface area (Å²) in [5, 5.41) is 1.04. The van der Waals surface area contributed by atoms with Crippen molar-refractivity contribution in [3.63, 3.8) is 0 Å². The SMILES string of the molecule is CCC(C)N(CC)c1ccc(N)c2cccnc12. The zero-order valence-electron chi connectivity index (χ0n) is 11.4. The summed E-state index contributed by atoms with van der Waals surface area (Å²) in [5.74, 6) is 0. The summed E-state index contributed by atoms with van der Waals surface area (Å²) in [6, 6.07) is 8.53. The lowest BCUT2D eigenvalue weighted by Crippen LogP contribution is -2.32. The van der Waals surface area contributed by atoms with Crippen LogP contribution < -0.4 is 10.6 Å². The van der Waals surface area contributed by atoms with Gasteiger partial charge in [0.05, 0.1) is 11.2 Å². The number of fused-ring (bicyclic) bond motifs is 1. The van der Waals surface area contributed by atoms with Crippen LogP contribution in [0, 0.1) is 0 Å². The Hall–Kier alpha value is -1.77. The molecule has 2 aromatic rings. The predicted octanol–water partition coefficient (Wildman–Crippen LogP) is 3.44. The van der Waals surface area contributed by atoms with Gasteiger partial charge in [-0.1, -0.05) is 6.92 Å². The summed E-state index contributed by atoms with van der Waals surface area (Å²) >= 11 is 0. The van der Waals surface area contributed by atoms with Gasteiger partial charge >= 0.3 is 0 Å². The first-order valence-corrected chi connectivity index (χ1v) is 6.58. The van der Waals surface area contributed by atoms with Crippen LogP contribution in [0.2, 0.25) is 0 Å². The highest BCUT2D eigenvalue weighted by Gasteiger charge is 2.15. The molecule has 2 N–H and O–H groups in total. The lowest BCUT2D eigenvalue weighted by atomic mass is 10.1. The number of nitrogens with zero attached hydrogens (tertiary/aromatic N) is 2. The van der Waals surface area contributed by atoms with Gasteiger partial charge in [-0.05, 0) is 44.5 Å². The van der Waals surface area contributed by atoms with Crippen LogP contribution in [0.25, 0.3) is 10.9 Å². The molecule has 2 rings (SSSR count). The van der Waals surface area contributed by atoms with Crippen LogP contribution in [0.3, 0.4) is 0 Å². The van der Waals surface area contributed by atoms with E-state index in [0.717, 1.165) is 29.6 Å². The molecule has 0 saturated heterocycles. The Balaban J connectivity index is 2.60. The molecule has 1 aromatic heterocycles. The van der Waals surface area contributed by atoms with Gasteiger partial charge in [0.1, 0.15) is 0 Å². The Bertz CT molecular complexity index is 536. The maximum atomic E-state index is 6.02. The van der Waals surface area contributed by atoms with E-state index in [1.54, 1.807) is 0 Å². The third kappa shape index (κ3) is 2.13. The fourth-order valence-electron chi connectivity index (χ4n) is 2.35. The van der Waals surface area contributed by atoms with E-state index in [-0.39, 0.29) is 0 Å². The van der Waals surface area contributed by atoms with Crippen molar-refractivity contribution in [3.05, 3.63) is 30.5 Å². The Kier molecular flexibility index (Phi) is 3.70. The van der Waals surface area contributed by atoms with E-state index in [9.17, 15) is 0 Å². The third-order valence-corrected chi connectivity index (χ3v) is 3.56. The molecule has 1 unspecified atom stereocenters. The van der Waals surface area contributed by atoms with Crippen molar-refractivity contribution in [1.29, 1.82) is 0 Å². The normalized spacial score (nSPS) is 12.6. The highest BCUT2D eigenvalue weighted by Crippen LogP contribution is 2.30. The van der Waals surface area contributed by atoms with E-state index in [4.69, 9.17) is 5.73 Å². The number of rotatable bonds is 4. The Labute approximate surface area is 109 Å². The standard InChI is InChI=1S/C15H21N3/c1-4-11(3)18(5-2)14-9-8-13(16)12-7-6-10-17-15(12)14/h6-11H,4-5,16H2,1-3H3. The van der Waals surface area contributed by atoms with E-state index in [2.05, 4.69) is 36.7 Å². The summed E-state index contributed by atoms with van der Waals surface area (Å²) in [6.45, 7) is 7.61. The molecule has 0 aliphatic rings. The van der Waals surface area contributed by atoms with E-state index in [1.165, 1.54) is 5.69 Å². The number of nitrogens with two attached hydrogens (primary N) is 1. The average molecular weight is 243 g/mol. The molecular weight excluding hydrogens is 222 g/mol. The maximum Gasteiger partial charge on any atom is 0.0956 e. The second-order valence-electron chi connectivity index (χ2n) is 4.62. The van der Waals surface area contributed by atoms with Crippen LogP contribution >= 0.6 is 0 Å². The van der Waals surface area contributed by atoms with E-state index in [0.29, 0.717) is 6.04 Å². The number of aromatic nitrogens is 1. The van der Waals surface area contributed by atoms with Crippen molar-refractivity contribution in [3.8, 4) is 0 Å². The monoisotopic (exact) mass is 243 g/mol. The van der Waals surface area contributed by atoms with Crippen LogP contribution in [-0.4, -0.2) is 17.6 Å². The molecule has 0 amide bonds. The highest BCUT2D eigenvalue weighted by molar-refractivity contribution is 5.98. The summed E-state index contributed by atoms with van der Waals surface area (Å²) in [6.07, 6.45) is 2.95. The predicted molar refractivity (Wildman–Crippen MR) is 78.9 cm³/mol. The highest BCUT2D eigenvalue weighted by atomic mass is 15.2. The maximum absolute atomic E-state index is 6.02. The first-order chi connectivity index (χ1) is 8.69. The summed E-state index contributed by atoms with van der Waals surface area (Å²) in [4.78, 5) is 6.89. The van der Waals surface area contributed by atoms with Crippen molar-refractivity contribution in [1.82, 2.24) is 4.98 Å². The molecule has 1 atom stereocenters. The van der Waals surface area contributed by atoms with E-state index >= 15 is 0 Å². The zero-order chi connectivity index (χ0) is 13.1. The van der Waals surface area contributed by atoms with Crippen LogP contribution in [0.5, 0.6) is 0 Å². The molecule has 18 heavy (non-hydrogen) atoms. The minimum absolute atomic E-state index is 0.504. The molecule has 1 heterocycles. The first kappa shape index (κ1) is 12.7. The molecule has 0 fully saturated rings. The summed E-state index contributed by atoms with van der Waals surface area (Å²) in [5.41, 5.74) is 8.99. The molecule has 0 aliphatic heterocycles. The fraction of sp³-hybridized carbons (Fsp3) is 0.400. The van der Waals surface area contributed by atoms with Gasteiger partial charge in [-0.2, -0.15) is 0 Å².